The molecule has 0 N–H and O–H groups in total. The van der Waals surface area contributed by atoms with Gasteiger partial charge in [0.25, 0.3) is 0 Å². The Morgan fingerprint density at radius 3 is 2.50 bits per heavy atom. The molecular weight excluding hydrogens is 362 g/mol. The monoisotopic (exact) mass is 405 g/mol. The molecule has 2 aromatic rings. The Kier molecular flexibility index (Phi) is 7.39. The average Bonchev–Trinajstić information content (AvgIpc) is 3.17. The molecule has 164 valence electrons. The fourth-order valence-corrected chi connectivity index (χ4v) is 6.57. The van der Waals surface area contributed by atoms with E-state index in [2.05, 4.69) is 49.3 Å². The number of benzene rings is 1. The molecule has 1 nitrogen and oxygen atoms in total. The summed E-state index contributed by atoms with van der Waals surface area (Å²) in [6, 6.07) is 7.52. The van der Waals surface area contributed by atoms with Crippen LogP contribution in [0.25, 0.3) is 10.9 Å². The maximum atomic E-state index is 4.16. The van der Waals surface area contributed by atoms with Crippen molar-refractivity contribution in [3.63, 3.8) is 0 Å². The van der Waals surface area contributed by atoms with Crippen LogP contribution in [0, 0.1) is 11.8 Å². The van der Waals surface area contributed by atoms with Crippen molar-refractivity contribution >= 4 is 10.9 Å². The van der Waals surface area contributed by atoms with E-state index in [4.69, 9.17) is 0 Å². The second-order valence-corrected chi connectivity index (χ2v) is 10.0. The van der Waals surface area contributed by atoms with Crippen molar-refractivity contribution in [1.82, 2.24) is 4.57 Å². The molecule has 0 saturated heterocycles. The molecule has 2 aliphatic rings. The second-order valence-electron chi connectivity index (χ2n) is 10.0. The normalized spacial score (nSPS) is 23.1. The number of fused-ring (bicyclic) bond motifs is 1. The van der Waals surface area contributed by atoms with Gasteiger partial charge in [-0.15, -0.1) is 6.58 Å². The van der Waals surface area contributed by atoms with Crippen molar-refractivity contribution in [3.8, 4) is 0 Å². The summed E-state index contributed by atoms with van der Waals surface area (Å²) in [5, 5.41) is 1.56. The van der Waals surface area contributed by atoms with Crippen LogP contribution in [0.4, 0.5) is 0 Å². The lowest BCUT2D eigenvalue weighted by Crippen LogP contribution is -2.20. The zero-order valence-corrected chi connectivity index (χ0v) is 19.6. The number of aryl methyl sites for hydroxylation is 3. The van der Waals surface area contributed by atoms with Crippen LogP contribution in [0.15, 0.2) is 30.9 Å². The molecule has 0 spiro atoms. The van der Waals surface area contributed by atoms with Gasteiger partial charge in [0, 0.05) is 23.1 Å². The summed E-state index contributed by atoms with van der Waals surface area (Å²) in [5.41, 5.74) is 6.36. The number of nitrogens with zero attached hydrogens (tertiary/aromatic N) is 1. The molecule has 4 rings (SSSR count). The molecule has 1 heteroatoms. The molecular formula is C29H43N. The summed E-state index contributed by atoms with van der Waals surface area (Å²) in [4.78, 5) is 0. The highest BCUT2D eigenvalue weighted by Gasteiger charge is 2.25. The molecule has 2 atom stereocenters. The van der Waals surface area contributed by atoms with Crippen molar-refractivity contribution in [2.45, 2.75) is 110 Å². The van der Waals surface area contributed by atoms with Crippen molar-refractivity contribution in [2.24, 2.45) is 11.8 Å². The van der Waals surface area contributed by atoms with Gasteiger partial charge in [-0.3, -0.25) is 0 Å². The minimum Gasteiger partial charge on any atom is -0.344 e. The van der Waals surface area contributed by atoms with Gasteiger partial charge in [-0.25, -0.2) is 0 Å². The molecule has 2 saturated carbocycles. The first-order chi connectivity index (χ1) is 14.8. The van der Waals surface area contributed by atoms with Crippen molar-refractivity contribution in [3.05, 3.63) is 47.7 Å². The van der Waals surface area contributed by atoms with E-state index in [1.54, 1.807) is 22.2 Å². The van der Waals surface area contributed by atoms with Crippen LogP contribution in [0.5, 0.6) is 0 Å². The minimum atomic E-state index is 0.737. The first kappa shape index (κ1) is 21.7. The zero-order chi connectivity index (χ0) is 20.9. The van der Waals surface area contributed by atoms with Crippen molar-refractivity contribution in [1.29, 1.82) is 0 Å². The van der Waals surface area contributed by atoms with E-state index in [0.29, 0.717) is 0 Å². The summed E-state index contributed by atoms with van der Waals surface area (Å²) in [6.45, 7) is 10.0. The number of hydrogen-bond donors (Lipinski definition) is 0. The van der Waals surface area contributed by atoms with E-state index in [1.807, 2.05) is 0 Å². The fourth-order valence-electron chi connectivity index (χ4n) is 6.57. The summed E-state index contributed by atoms with van der Waals surface area (Å²) in [6.07, 6.45) is 19.8. The van der Waals surface area contributed by atoms with Gasteiger partial charge in [-0.05, 0) is 86.0 Å². The molecule has 2 aliphatic carbocycles. The quantitative estimate of drug-likeness (QED) is 0.387. The van der Waals surface area contributed by atoms with E-state index in [-0.39, 0.29) is 0 Å². The highest BCUT2D eigenvalue weighted by molar-refractivity contribution is 5.86. The van der Waals surface area contributed by atoms with Gasteiger partial charge in [-0.1, -0.05) is 64.5 Å². The second kappa shape index (κ2) is 10.2. The van der Waals surface area contributed by atoms with Gasteiger partial charge < -0.3 is 4.57 Å². The molecule has 1 aromatic carbocycles. The zero-order valence-electron chi connectivity index (χ0n) is 19.6. The molecule has 0 bridgehead atoms. The van der Waals surface area contributed by atoms with Gasteiger partial charge >= 0.3 is 0 Å². The van der Waals surface area contributed by atoms with Crippen molar-refractivity contribution in [2.75, 3.05) is 0 Å². The average molecular weight is 406 g/mol. The van der Waals surface area contributed by atoms with E-state index in [9.17, 15) is 0 Å². The van der Waals surface area contributed by atoms with E-state index >= 15 is 0 Å². The Bertz CT molecular complexity index is 836. The first-order valence-corrected chi connectivity index (χ1v) is 13.0. The lowest BCUT2D eigenvalue weighted by atomic mass is 9.77. The molecule has 1 heterocycles. The molecule has 0 amide bonds. The SMILES string of the molecule is C=CC1CCCC[C@@H]1CCn1c(C2CCCCC2)cc2c(CC)c(CCC)ccc21. The van der Waals surface area contributed by atoms with Crippen LogP contribution in [0.3, 0.4) is 0 Å². The largest absolute Gasteiger partial charge is 0.344 e. The molecule has 1 aromatic heterocycles. The first-order valence-electron chi connectivity index (χ1n) is 13.0. The van der Waals surface area contributed by atoms with Gasteiger partial charge in [0.1, 0.15) is 0 Å². The Labute approximate surface area is 184 Å². The fraction of sp³-hybridized carbons (Fsp3) is 0.655. The van der Waals surface area contributed by atoms with Gasteiger partial charge in [-0.2, -0.15) is 0 Å². The highest BCUT2D eigenvalue weighted by Crippen LogP contribution is 2.39. The standard InChI is InChI=1S/C29H43N/c1-4-12-24-17-18-28-27(26(24)6-3)21-29(25-15-8-7-9-16-25)30(28)20-19-23-14-11-10-13-22(23)5-2/h5,17-18,21-23,25H,2,4,6-16,19-20H2,1,3H3/t22?,23-/m1/s1. The van der Waals surface area contributed by atoms with Gasteiger partial charge in [0.05, 0.1) is 0 Å². The number of rotatable bonds is 8. The third kappa shape index (κ3) is 4.41. The Hall–Kier alpha value is -1.50. The predicted octanol–water partition coefficient (Wildman–Crippen LogP) is 8.59. The lowest BCUT2D eigenvalue weighted by Gasteiger charge is -2.30. The molecule has 1 unspecified atom stereocenters. The van der Waals surface area contributed by atoms with E-state index in [1.165, 1.54) is 89.1 Å². The Balaban J connectivity index is 1.70. The third-order valence-electron chi connectivity index (χ3n) is 8.22. The molecule has 0 radical (unpaired) electrons. The number of aromatic nitrogens is 1. The number of hydrogen-bond acceptors (Lipinski definition) is 0. The Morgan fingerprint density at radius 2 is 1.77 bits per heavy atom. The van der Waals surface area contributed by atoms with Gasteiger partial charge in [0.2, 0.25) is 0 Å². The summed E-state index contributed by atoms with van der Waals surface area (Å²) in [5.74, 6) is 2.34. The summed E-state index contributed by atoms with van der Waals surface area (Å²) < 4.78 is 2.76. The van der Waals surface area contributed by atoms with Crippen LogP contribution in [0.2, 0.25) is 0 Å². The van der Waals surface area contributed by atoms with Crippen LogP contribution >= 0.6 is 0 Å². The van der Waals surface area contributed by atoms with Crippen LogP contribution in [-0.4, -0.2) is 4.57 Å². The Morgan fingerprint density at radius 1 is 1.00 bits per heavy atom. The maximum Gasteiger partial charge on any atom is 0.0485 e. The van der Waals surface area contributed by atoms with Gasteiger partial charge in [0.15, 0.2) is 0 Å². The predicted molar refractivity (Wildman–Crippen MR) is 131 cm³/mol. The third-order valence-corrected chi connectivity index (χ3v) is 8.22. The summed E-state index contributed by atoms with van der Waals surface area (Å²) >= 11 is 0. The van der Waals surface area contributed by atoms with E-state index < -0.39 is 0 Å². The maximum absolute atomic E-state index is 4.16. The van der Waals surface area contributed by atoms with Crippen LogP contribution in [-0.2, 0) is 19.4 Å². The van der Waals surface area contributed by atoms with E-state index in [0.717, 1.165) is 24.2 Å². The van der Waals surface area contributed by atoms with Crippen LogP contribution < -0.4 is 0 Å². The number of allylic oxidation sites excluding steroid dienone is 1. The minimum absolute atomic E-state index is 0.737. The summed E-state index contributed by atoms with van der Waals surface area (Å²) in [7, 11) is 0. The lowest BCUT2D eigenvalue weighted by molar-refractivity contribution is 0.257. The molecule has 30 heavy (non-hydrogen) atoms. The highest BCUT2D eigenvalue weighted by atomic mass is 15.0. The molecule has 0 aliphatic heterocycles. The van der Waals surface area contributed by atoms with Crippen molar-refractivity contribution < 1.29 is 0 Å². The smallest absolute Gasteiger partial charge is 0.0485 e. The molecule has 2 fully saturated rings. The van der Waals surface area contributed by atoms with Crippen LogP contribution in [0.1, 0.15) is 107 Å². The topological polar surface area (TPSA) is 4.93 Å².